The van der Waals surface area contributed by atoms with E-state index in [-0.39, 0.29) is 13.2 Å². The van der Waals surface area contributed by atoms with Gasteiger partial charge in [-0.05, 0) is 28.3 Å². The maximum Gasteiger partial charge on any atom is 0.218 e. The molecular weight excluding hydrogens is 564 g/mol. The summed E-state index contributed by atoms with van der Waals surface area (Å²) >= 11 is 0. The van der Waals surface area contributed by atoms with Crippen LogP contribution in [0.5, 0.6) is 0 Å². The molecule has 0 aromatic heterocycles. The van der Waals surface area contributed by atoms with Crippen LogP contribution >= 0.6 is 0 Å². The number of ether oxygens (including phenoxy) is 6. The highest BCUT2D eigenvalue weighted by Gasteiger charge is 2.56. The molecule has 0 bridgehead atoms. The van der Waals surface area contributed by atoms with Crippen molar-refractivity contribution in [3.05, 3.63) is 169 Å². The van der Waals surface area contributed by atoms with Crippen molar-refractivity contribution in [2.75, 3.05) is 13.2 Å². The summed E-state index contributed by atoms with van der Waals surface area (Å²) in [6, 6.07) is 40.2. The lowest BCUT2D eigenvalue weighted by molar-refractivity contribution is -0.361. The molecule has 0 aliphatic carbocycles. The predicted molar refractivity (Wildman–Crippen MR) is 175 cm³/mol. The SMILES string of the molecule is C=CCOC1(C=C)OC(COCc2ccccc2)C(OCc2ccccc2)C(OCc2ccccc2)C1OCc1ccccc1. The van der Waals surface area contributed by atoms with Crippen molar-refractivity contribution in [2.45, 2.75) is 56.6 Å². The smallest absolute Gasteiger partial charge is 0.218 e. The third kappa shape index (κ3) is 9.08. The molecule has 1 saturated heterocycles. The zero-order chi connectivity index (χ0) is 31.2. The van der Waals surface area contributed by atoms with Crippen molar-refractivity contribution in [1.29, 1.82) is 0 Å². The van der Waals surface area contributed by atoms with Crippen molar-refractivity contribution in [2.24, 2.45) is 0 Å². The molecule has 5 rings (SSSR count). The fraction of sp³-hybridized carbons (Fsp3) is 0.282. The molecule has 4 aromatic rings. The standard InChI is InChI=1S/C39H42O6/c1-3-25-44-39(4-2)38(43-29-34-23-15-8-16-24-34)37(42-28-33-21-13-7-14-22-33)36(41-27-32-19-11-6-12-20-32)35(45-39)30-40-26-31-17-9-5-10-18-31/h3-24,35-38H,1-2,25-30H2. The first kappa shape index (κ1) is 32.5. The summed E-state index contributed by atoms with van der Waals surface area (Å²) in [4.78, 5) is 0. The molecular formula is C39H42O6. The van der Waals surface area contributed by atoms with E-state index in [2.05, 4.69) is 13.2 Å². The minimum Gasteiger partial charge on any atom is -0.374 e. The highest BCUT2D eigenvalue weighted by molar-refractivity contribution is 5.17. The lowest BCUT2D eigenvalue weighted by Crippen LogP contribution is -2.67. The Hall–Kier alpha value is -3.88. The van der Waals surface area contributed by atoms with Crippen LogP contribution in [0, 0.1) is 0 Å². The summed E-state index contributed by atoms with van der Waals surface area (Å²) in [6.07, 6.45) is 0.859. The normalized spacial score (nSPS) is 22.9. The van der Waals surface area contributed by atoms with Gasteiger partial charge in [-0.3, -0.25) is 0 Å². The molecule has 45 heavy (non-hydrogen) atoms. The van der Waals surface area contributed by atoms with Crippen molar-refractivity contribution >= 4 is 0 Å². The Bertz CT molecular complexity index is 1420. The molecule has 4 aromatic carbocycles. The molecule has 5 unspecified atom stereocenters. The second kappa shape index (κ2) is 17.0. The molecule has 6 nitrogen and oxygen atoms in total. The molecule has 6 heteroatoms. The zero-order valence-corrected chi connectivity index (χ0v) is 25.6. The Labute approximate surface area is 266 Å². The van der Waals surface area contributed by atoms with E-state index in [1.165, 1.54) is 0 Å². The molecule has 1 heterocycles. The van der Waals surface area contributed by atoms with Gasteiger partial charge in [-0.25, -0.2) is 0 Å². The highest BCUT2D eigenvalue weighted by Crippen LogP contribution is 2.39. The fourth-order valence-electron chi connectivity index (χ4n) is 5.40. The molecule has 1 aliphatic heterocycles. The van der Waals surface area contributed by atoms with Crippen LogP contribution in [-0.4, -0.2) is 43.4 Å². The van der Waals surface area contributed by atoms with Gasteiger partial charge in [-0.15, -0.1) is 6.58 Å². The van der Waals surface area contributed by atoms with Crippen LogP contribution in [0.25, 0.3) is 0 Å². The Kier molecular flexibility index (Phi) is 12.3. The molecule has 234 valence electrons. The Morgan fingerprint density at radius 1 is 0.578 bits per heavy atom. The molecule has 1 fully saturated rings. The fourth-order valence-corrected chi connectivity index (χ4v) is 5.40. The minimum absolute atomic E-state index is 0.218. The van der Waals surface area contributed by atoms with Crippen LogP contribution in [0.3, 0.4) is 0 Å². The Morgan fingerprint density at radius 2 is 1.02 bits per heavy atom. The lowest BCUT2D eigenvalue weighted by Gasteiger charge is -2.51. The first-order chi connectivity index (χ1) is 22.2. The second-order valence-electron chi connectivity index (χ2n) is 10.9. The van der Waals surface area contributed by atoms with E-state index in [1.54, 1.807) is 12.2 Å². The van der Waals surface area contributed by atoms with E-state index in [1.807, 2.05) is 121 Å². The van der Waals surface area contributed by atoms with Crippen LogP contribution in [-0.2, 0) is 54.8 Å². The number of hydrogen-bond donors (Lipinski definition) is 0. The maximum absolute atomic E-state index is 6.80. The average Bonchev–Trinajstić information content (AvgIpc) is 3.10. The molecule has 0 saturated carbocycles. The number of benzene rings is 4. The van der Waals surface area contributed by atoms with Gasteiger partial charge in [-0.2, -0.15) is 0 Å². The van der Waals surface area contributed by atoms with Crippen molar-refractivity contribution in [1.82, 2.24) is 0 Å². The first-order valence-electron chi connectivity index (χ1n) is 15.4. The number of hydrogen-bond acceptors (Lipinski definition) is 6. The van der Waals surface area contributed by atoms with Gasteiger partial charge in [0.05, 0.1) is 39.6 Å². The van der Waals surface area contributed by atoms with E-state index in [4.69, 9.17) is 28.4 Å². The van der Waals surface area contributed by atoms with Crippen LogP contribution in [0.15, 0.2) is 147 Å². The predicted octanol–water partition coefficient (Wildman–Crippen LogP) is 7.44. The third-order valence-corrected chi connectivity index (χ3v) is 7.67. The monoisotopic (exact) mass is 606 g/mol. The summed E-state index contributed by atoms with van der Waals surface area (Å²) in [5, 5.41) is 0. The third-order valence-electron chi connectivity index (χ3n) is 7.67. The summed E-state index contributed by atoms with van der Waals surface area (Å²) in [6.45, 7) is 9.90. The average molecular weight is 607 g/mol. The highest BCUT2D eigenvalue weighted by atomic mass is 16.7. The Balaban J connectivity index is 1.48. The number of rotatable bonds is 17. The molecule has 0 amide bonds. The second-order valence-corrected chi connectivity index (χ2v) is 10.9. The molecule has 0 radical (unpaired) electrons. The molecule has 0 spiro atoms. The van der Waals surface area contributed by atoms with E-state index < -0.39 is 30.2 Å². The van der Waals surface area contributed by atoms with Gasteiger partial charge in [-0.1, -0.05) is 134 Å². The zero-order valence-electron chi connectivity index (χ0n) is 25.6. The summed E-state index contributed by atoms with van der Waals surface area (Å²) < 4.78 is 39.6. The maximum atomic E-state index is 6.80. The van der Waals surface area contributed by atoms with Crippen LogP contribution in [0.4, 0.5) is 0 Å². The molecule has 0 N–H and O–H groups in total. The topological polar surface area (TPSA) is 55.4 Å². The van der Waals surface area contributed by atoms with Crippen LogP contribution < -0.4 is 0 Å². The van der Waals surface area contributed by atoms with Crippen molar-refractivity contribution in [3.63, 3.8) is 0 Å². The van der Waals surface area contributed by atoms with Gasteiger partial charge in [0.1, 0.15) is 24.4 Å². The van der Waals surface area contributed by atoms with Gasteiger partial charge in [0, 0.05) is 0 Å². The quantitative estimate of drug-likeness (QED) is 0.117. The summed E-state index contributed by atoms with van der Waals surface area (Å²) in [5.41, 5.74) is 4.14. The van der Waals surface area contributed by atoms with E-state index in [0.717, 1.165) is 22.3 Å². The van der Waals surface area contributed by atoms with Gasteiger partial charge in [0.15, 0.2) is 0 Å². The van der Waals surface area contributed by atoms with Crippen molar-refractivity contribution in [3.8, 4) is 0 Å². The van der Waals surface area contributed by atoms with Gasteiger partial charge in [0.25, 0.3) is 0 Å². The lowest BCUT2D eigenvalue weighted by atomic mass is 9.91. The van der Waals surface area contributed by atoms with E-state index in [0.29, 0.717) is 26.4 Å². The molecule has 5 atom stereocenters. The van der Waals surface area contributed by atoms with E-state index in [9.17, 15) is 0 Å². The minimum atomic E-state index is -1.36. The van der Waals surface area contributed by atoms with Gasteiger partial charge in [0.2, 0.25) is 5.79 Å². The van der Waals surface area contributed by atoms with Crippen LogP contribution in [0.2, 0.25) is 0 Å². The largest absolute Gasteiger partial charge is 0.374 e. The van der Waals surface area contributed by atoms with Gasteiger partial charge < -0.3 is 28.4 Å². The summed E-state index contributed by atoms with van der Waals surface area (Å²) in [5.74, 6) is -1.36. The summed E-state index contributed by atoms with van der Waals surface area (Å²) in [7, 11) is 0. The van der Waals surface area contributed by atoms with Crippen LogP contribution in [0.1, 0.15) is 22.3 Å². The van der Waals surface area contributed by atoms with Crippen molar-refractivity contribution < 1.29 is 28.4 Å². The van der Waals surface area contributed by atoms with E-state index >= 15 is 0 Å². The molecule has 1 aliphatic rings. The van der Waals surface area contributed by atoms with Gasteiger partial charge >= 0.3 is 0 Å². The first-order valence-corrected chi connectivity index (χ1v) is 15.4. The Morgan fingerprint density at radius 3 is 1.49 bits per heavy atom.